The Hall–Kier alpha value is -1.32. The molecule has 1 aromatic heterocycles. The van der Waals surface area contributed by atoms with Crippen molar-refractivity contribution in [3.63, 3.8) is 0 Å². The van der Waals surface area contributed by atoms with Crippen molar-refractivity contribution in [2.75, 3.05) is 13.2 Å². The third-order valence-electron chi connectivity index (χ3n) is 3.39. The zero-order chi connectivity index (χ0) is 11.8. The molecule has 1 N–H and O–H groups in total. The number of hydrogen-bond donors (Lipinski definition) is 1. The first kappa shape index (κ1) is 10.8. The molecule has 2 aromatic rings. The highest BCUT2D eigenvalue weighted by molar-refractivity contribution is 5.78. The van der Waals surface area contributed by atoms with Gasteiger partial charge >= 0.3 is 0 Å². The summed E-state index contributed by atoms with van der Waals surface area (Å²) >= 11 is 0. The molecule has 2 atom stereocenters. The molecule has 2 unspecified atom stereocenters. The molecule has 3 rings (SSSR count). The topological polar surface area (TPSA) is 42.6 Å². The average Bonchev–Trinajstić information content (AvgIpc) is 2.96. The zero-order valence-electron chi connectivity index (χ0n) is 9.85. The van der Waals surface area contributed by atoms with Crippen molar-refractivity contribution >= 4 is 11.0 Å². The SMILES string of the molecule is Cc1ccc2oc(C(O)C3CCOC3)cc2c1. The smallest absolute Gasteiger partial charge is 0.134 e. The first-order valence-electron chi connectivity index (χ1n) is 6.00. The highest BCUT2D eigenvalue weighted by Gasteiger charge is 2.27. The van der Waals surface area contributed by atoms with E-state index in [-0.39, 0.29) is 5.92 Å². The highest BCUT2D eigenvalue weighted by Crippen LogP contribution is 2.32. The Balaban J connectivity index is 1.94. The van der Waals surface area contributed by atoms with Crippen LogP contribution in [0.5, 0.6) is 0 Å². The van der Waals surface area contributed by atoms with Crippen molar-refractivity contribution in [3.05, 3.63) is 35.6 Å². The molecule has 1 aromatic carbocycles. The summed E-state index contributed by atoms with van der Waals surface area (Å²) in [5.41, 5.74) is 2.03. The molecule has 0 saturated carbocycles. The van der Waals surface area contributed by atoms with Crippen molar-refractivity contribution in [3.8, 4) is 0 Å². The number of aliphatic hydroxyl groups excluding tert-OH is 1. The maximum atomic E-state index is 10.2. The maximum Gasteiger partial charge on any atom is 0.134 e. The molecular formula is C14H16O3. The summed E-state index contributed by atoms with van der Waals surface area (Å²) in [6, 6.07) is 7.97. The van der Waals surface area contributed by atoms with Gasteiger partial charge in [0.15, 0.2) is 0 Å². The molecule has 0 amide bonds. The molecule has 1 aliphatic heterocycles. The van der Waals surface area contributed by atoms with E-state index in [1.165, 1.54) is 5.56 Å². The number of furan rings is 1. The molecule has 1 aliphatic rings. The normalized spacial score (nSPS) is 22.1. The van der Waals surface area contributed by atoms with E-state index in [0.717, 1.165) is 24.0 Å². The molecule has 3 heteroatoms. The zero-order valence-corrected chi connectivity index (χ0v) is 9.85. The Bertz CT molecular complexity index is 523. The fraction of sp³-hybridized carbons (Fsp3) is 0.429. The number of benzene rings is 1. The van der Waals surface area contributed by atoms with Crippen LogP contribution in [0.15, 0.2) is 28.7 Å². The lowest BCUT2D eigenvalue weighted by Gasteiger charge is -2.13. The van der Waals surface area contributed by atoms with Crippen LogP contribution in [-0.4, -0.2) is 18.3 Å². The van der Waals surface area contributed by atoms with E-state index in [9.17, 15) is 5.11 Å². The highest BCUT2D eigenvalue weighted by atomic mass is 16.5. The summed E-state index contributed by atoms with van der Waals surface area (Å²) in [4.78, 5) is 0. The molecule has 0 spiro atoms. The summed E-state index contributed by atoms with van der Waals surface area (Å²) in [5.74, 6) is 0.817. The van der Waals surface area contributed by atoms with Crippen LogP contribution >= 0.6 is 0 Å². The Morgan fingerprint density at radius 2 is 2.24 bits per heavy atom. The molecular weight excluding hydrogens is 216 g/mol. The lowest BCUT2D eigenvalue weighted by Crippen LogP contribution is -2.11. The summed E-state index contributed by atoms with van der Waals surface area (Å²) in [6.07, 6.45) is 0.349. The minimum atomic E-state index is -0.551. The third kappa shape index (κ3) is 1.96. The van der Waals surface area contributed by atoms with Gasteiger partial charge in [0.2, 0.25) is 0 Å². The van der Waals surface area contributed by atoms with Gasteiger partial charge in [-0.25, -0.2) is 0 Å². The number of fused-ring (bicyclic) bond motifs is 1. The number of aliphatic hydroxyl groups is 1. The monoisotopic (exact) mass is 232 g/mol. The van der Waals surface area contributed by atoms with Gasteiger partial charge in [-0.3, -0.25) is 0 Å². The molecule has 0 aliphatic carbocycles. The summed E-state index contributed by atoms with van der Waals surface area (Å²) in [7, 11) is 0. The van der Waals surface area contributed by atoms with E-state index in [2.05, 4.69) is 6.07 Å². The molecule has 2 heterocycles. The Labute approximate surface area is 100.0 Å². The van der Waals surface area contributed by atoms with Crippen LogP contribution in [0.3, 0.4) is 0 Å². The lowest BCUT2D eigenvalue weighted by atomic mass is 10.00. The second kappa shape index (κ2) is 4.17. The van der Waals surface area contributed by atoms with Crippen molar-refractivity contribution in [2.24, 2.45) is 5.92 Å². The number of aryl methyl sites for hydroxylation is 1. The third-order valence-corrected chi connectivity index (χ3v) is 3.39. The van der Waals surface area contributed by atoms with Crippen LogP contribution in [0, 0.1) is 12.8 Å². The van der Waals surface area contributed by atoms with Gasteiger partial charge in [0.05, 0.1) is 6.61 Å². The predicted molar refractivity (Wildman–Crippen MR) is 64.8 cm³/mol. The minimum absolute atomic E-state index is 0.164. The van der Waals surface area contributed by atoms with Gasteiger partial charge in [0, 0.05) is 17.9 Å². The fourth-order valence-electron chi connectivity index (χ4n) is 2.36. The Morgan fingerprint density at radius 1 is 1.35 bits per heavy atom. The van der Waals surface area contributed by atoms with Crippen LogP contribution in [0.25, 0.3) is 11.0 Å². The van der Waals surface area contributed by atoms with Crippen molar-refractivity contribution in [2.45, 2.75) is 19.4 Å². The Morgan fingerprint density at radius 3 is 3.00 bits per heavy atom. The molecule has 3 nitrogen and oxygen atoms in total. The van der Waals surface area contributed by atoms with Crippen molar-refractivity contribution < 1.29 is 14.3 Å². The van der Waals surface area contributed by atoms with Crippen LogP contribution in [0.1, 0.15) is 23.8 Å². The van der Waals surface area contributed by atoms with Crippen LogP contribution in [0.2, 0.25) is 0 Å². The molecule has 1 fully saturated rings. The summed E-state index contributed by atoms with van der Waals surface area (Å²) in [6.45, 7) is 3.41. The summed E-state index contributed by atoms with van der Waals surface area (Å²) in [5, 5.41) is 11.3. The van der Waals surface area contributed by atoms with Gasteiger partial charge in [-0.05, 0) is 31.5 Å². The van der Waals surface area contributed by atoms with Gasteiger partial charge in [-0.1, -0.05) is 11.6 Å². The van der Waals surface area contributed by atoms with Gasteiger partial charge in [-0.15, -0.1) is 0 Å². The fourth-order valence-corrected chi connectivity index (χ4v) is 2.36. The minimum Gasteiger partial charge on any atom is -0.458 e. The first-order valence-corrected chi connectivity index (χ1v) is 6.00. The summed E-state index contributed by atoms with van der Waals surface area (Å²) < 4.78 is 11.0. The van der Waals surface area contributed by atoms with Gasteiger partial charge in [0.25, 0.3) is 0 Å². The standard InChI is InChI=1S/C14H16O3/c1-9-2-3-12-11(6-9)7-13(17-12)14(15)10-4-5-16-8-10/h2-3,6-7,10,14-15H,4-5,8H2,1H3. The van der Waals surface area contributed by atoms with Crippen LogP contribution < -0.4 is 0 Å². The van der Waals surface area contributed by atoms with E-state index in [4.69, 9.17) is 9.15 Å². The number of ether oxygens (including phenoxy) is 1. The first-order chi connectivity index (χ1) is 8.24. The van der Waals surface area contributed by atoms with E-state index in [1.807, 2.05) is 25.1 Å². The predicted octanol–water partition coefficient (Wildman–Crippen LogP) is 2.81. The molecule has 17 heavy (non-hydrogen) atoms. The van der Waals surface area contributed by atoms with Gasteiger partial charge in [-0.2, -0.15) is 0 Å². The van der Waals surface area contributed by atoms with E-state index >= 15 is 0 Å². The van der Waals surface area contributed by atoms with E-state index in [1.54, 1.807) is 0 Å². The molecule has 0 radical (unpaired) electrons. The molecule has 1 saturated heterocycles. The van der Waals surface area contributed by atoms with Crippen molar-refractivity contribution in [1.29, 1.82) is 0 Å². The van der Waals surface area contributed by atoms with Crippen molar-refractivity contribution in [1.82, 2.24) is 0 Å². The maximum absolute atomic E-state index is 10.2. The van der Waals surface area contributed by atoms with Gasteiger partial charge < -0.3 is 14.3 Å². The second-order valence-electron chi connectivity index (χ2n) is 4.76. The lowest BCUT2D eigenvalue weighted by molar-refractivity contribution is 0.0753. The van der Waals surface area contributed by atoms with Crippen LogP contribution in [0.4, 0.5) is 0 Å². The number of hydrogen-bond acceptors (Lipinski definition) is 3. The van der Waals surface area contributed by atoms with E-state index < -0.39 is 6.10 Å². The average molecular weight is 232 g/mol. The van der Waals surface area contributed by atoms with Crippen LogP contribution in [-0.2, 0) is 4.74 Å². The largest absolute Gasteiger partial charge is 0.458 e. The second-order valence-corrected chi connectivity index (χ2v) is 4.76. The van der Waals surface area contributed by atoms with Gasteiger partial charge in [0.1, 0.15) is 17.4 Å². The molecule has 0 bridgehead atoms. The quantitative estimate of drug-likeness (QED) is 0.865. The van der Waals surface area contributed by atoms with E-state index in [0.29, 0.717) is 12.4 Å². The Kier molecular flexibility index (Phi) is 2.65. The molecule has 90 valence electrons. The number of rotatable bonds is 2.